The SMILES string of the molecule is CCC(=O)N1CCC(C(=O)Nc2ccccc2CC)CC1. The van der Waals surface area contributed by atoms with E-state index in [0.29, 0.717) is 19.5 Å². The minimum Gasteiger partial charge on any atom is -0.343 e. The molecule has 1 N–H and O–H groups in total. The van der Waals surface area contributed by atoms with Crippen LogP contribution >= 0.6 is 0 Å². The van der Waals surface area contributed by atoms with Gasteiger partial charge < -0.3 is 10.2 Å². The van der Waals surface area contributed by atoms with Crippen molar-refractivity contribution >= 4 is 17.5 Å². The van der Waals surface area contributed by atoms with E-state index >= 15 is 0 Å². The lowest BCUT2D eigenvalue weighted by Crippen LogP contribution is -2.41. The third-order valence-electron chi connectivity index (χ3n) is 4.18. The zero-order valence-corrected chi connectivity index (χ0v) is 12.9. The van der Waals surface area contributed by atoms with Gasteiger partial charge in [-0.2, -0.15) is 0 Å². The number of nitrogens with zero attached hydrogens (tertiary/aromatic N) is 1. The van der Waals surface area contributed by atoms with Gasteiger partial charge in [-0.25, -0.2) is 0 Å². The molecule has 0 bridgehead atoms. The minimum absolute atomic E-state index is 0.0100. The van der Waals surface area contributed by atoms with Crippen LogP contribution in [0.1, 0.15) is 38.7 Å². The molecular formula is C17H24N2O2. The average Bonchev–Trinajstić information content (AvgIpc) is 2.54. The van der Waals surface area contributed by atoms with Crippen LogP contribution in [-0.4, -0.2) is 29.8 Å². The molecule has 0 unspecified atom stereocenters. The van der Waals surface area contributed by atoms with Crippen LogP contribution in [0.5, 0.6) is 0 Å². The lowest BCUT2D eigenvalue weighted by Gasteiger charge is -2.31. The Balaban J connectivity index is 1.92. The largest absolute Gasteiger partial charge is 0.343 e. The van der Waals surface area contributed by atoms with Crippen LogP contribution in [0.3, 0.4) is 0 Å². The van der Waals surface area contributed by atoms with Crippen molar-refractivity contribution in [2.45, 2.75) is 39.5 Å². The number of carbonyl (C=O) groups is 2. The summed E-state index contributed by atoms with van der Waals surface area (Å²) in [6.45, 7) is 5.35. The summed E-state index contributed by atoms with van der Waals surface area (Å²) in [5.41, 5.74) is 2.07. The highest BCUT2D eigenvalue weighted by Gasteiger charge is 2.26. The maximum atomic E-state index is 12.4. The summed E-state index contributed by atoms with van der Waals surface area (Å²) in [5.74, 6) is 0.278. The molecule has 0 spiro atoms. The van der Waals surface area contributed by atoms with Gasteiger partial charge in [-0.15, -0.1) is 0 Å². The van der Waals surface area contributed by atoms with Crippen LogP contribution in [0.15, 0.2) is 24.3 Å². The molecular weight excluding hydrogens is 264 g/mol. The first-order valence-corrected chi connectivity index (χ1v) is 7.82. The number of aryl methyl sites for hydroxylation is 1. The molecule has 1 aromatic carbocycles. The van der Waals surface area contributed by atoms with Gasteiger partial charge in [-0.1, -0.05) is 32.0 Å². The highest BCUT2D eigenvalue weighted by molar-refractivity contribution is 5.93. The number of hydrogen-bond acceptors (Lipinski definition) is 2. The number of para-hydroxylation sites is 1. The van der Waals surface area contributed by atoms with Gasteiger partial charge >= 0.3 is 0 Å². The number of anilines is 1. The van der Waals surface area contributed by atoms with E-state index in [0.717, 1.165) is 30.5 Å². The number of rotatable bonds is 4. The van der Waals surface area contributed by atoms with E-state index in [1.165, 1.54) is 0 Å². The molecule has 1 fully saturated rings. The Morgan fingerprint density at radius 3 is 2.48 bits per heavy atom. The van der Waals surface area contributed by atoms with Crippen molar-refractivity contribution in [2.24, 2.45) is 5.92 Å². The second-order valence-electron chi connectivity index (χ2n) is 5.51. The van der Waals surface area contributed by atoms with Crippen LogP contribution < -0.4 is 5.32 Å². The van der Waals surface area contributed by atoms with Gasteiger partial charge in [-0.05, 0) is 30.9 Å². The van der Waals surface area contributed by atoms with Crippen molar-refractivity contribution in [1.29, 1.82) is 0 Å². The summed E-state index contributed by atoms with van der Waals surface area (Å²) in [6, 6.07) is 7.92. The molecule has 4 heteroatoms. The molecule has 4 nitrogen and oxygen atoms in total. The Morgan fingerprint density at radius 1 is 1.19 bits per heavy atom. The molecule has 114 valence electrons. The summed E-state index contributed by atoms with van der Waals surface area (Å²) in [4.78, 5) is 25.9. The first kappa shape index (κ1) is 15.5. The Kier molecular flexibility index (Phi) is 5.37. The lowest BCUT2D eigenvalue weighted by atomic mass is 9.95. The molecule has 1 saturated heterocycles. The molecule has 0 aliphatic carbocycles. The Labute approximate surface area is 126 Å². The van der Waals surface area contributed by atoms with Crippen molar-refractivity contribution in [3.63, 3.8) is 0 Å². The topological polar surface area (TPSA) is 49.4 Å². The number of hydrogen-bond donors (Lipinski definition) is 1. The van der Waals surface area contributed by atoms with Gasteiger partial charge in [0.25, 0.3) is 0 Å². The summed E-state index contributed by atoms with van der Waals surface area (Å²) in [7, 11) is 0. The summed E-state index contributed by atoms with van der Waals surface area (Å²) in [6.07, 6.45) is 2.96. The van der Waals surface area contributed by atoms with Crippen LogP contribution in [0.4, 0.5) is 5.69 Å². The van der Waals surface area contributed by atoms with Gasteiger partial charge in [-0.3, -0.25) is 9.59 Å². The van der Waals surface area contributed by atoms with E-state index in [1.807, 2.05) is 36.1 Å². The predicted molar refractivity (Wildman–Crippen MR) is 84.0 cm³/mol. The second-order valence-corrected chi connectivity index (χ2v) is 5.51. The first-order chi connectivity index (χ1) is 10.2. The number of likely N-dealkylation sites (tertiary alicyclic amines) is 1. The fraction of sp³-hybridized carbons (Fsp3) is 0.529. The third-order valence-corrected chi connectivity index (χ3v) is 4.18. The van der Waals surface area contributed by atoms with Crippen LogP contribution in [0, 0.1) is 5.92 Å². The summed E-state index contributed by atoms with van der Waals surface area (Å²) >= 11 is 0. The van der Waals surface area contributed by atoms with E-state index < -0.39 is 0 Å². The number of carbonyl (C=O) groups excluding carboxylic acids is 2. The maximum Gasteiger partial charge on any atom is 0.227 e. The Morgan fingerprint density at radius 2 is 1.86 bits per heavy atom. The first-order valence-electron chi connectivity index (χ1n) is 7.82. The molecule has 2 amide bonds. The molecule has 1 aromatic rings. The van der Waals surface area contributed by atoms with E-state index in [1.54, 1.807) is 0 Å². The fourth-order valence-corrected chi connectivity index (χ4v) is 2.80. The van der Waals surface area contributed by atoms with Crippen molar-refractivity contribution in [1.82, 2.24) is 4.90 Å². The molecule has 1 aliphatic rings. The van der Waals surface area contributed by atoms with E-state index in [2.05, 4.69) is 12.2 Å². The monoisotopic (exact) mass is 288 g/mol. The standard InChI is InChI=1S/C17H24N2O2/c1-3-13-7-5-6-8-15(13)18-17(21)14-9-11-19(12-10-14)16(20)4-2/h5-8,14H,3-4,9-12H2,1-2H3,(H,18,21). The number of nitrogens with one attached hydrogen (secondary N) is 1. The summed E-state index contributed by atoms with van der Waals surface area (Å²) < 4.78 is 0. The zero-order chi connectivity index (χ0) is 15.2. The van der Waals surface area contributed by atoms with E-state index in [4.69, 9.17) is 0 Å². The maximum absolute atomic E-state index is 12.4. The Bertz CT molecular complexity index is 505. The quantitative estimate of drug-likeness (QED) is 0.926. The normalized spacial score (nSPS) is 15.8. The molecule has 1 aliphatic heterocycles. The van der Waals surface area contributed by atoms with Gasteiger partial charge in [0.1, 0.15) is 0 Å². The molecule has 1 heterocycles. The molecule has 21 heavy (non-hydrogen) atoms. The van der Waals surface area contributed by atoms with Crippen molar-refractivity contribution in [3.05, 3.63) is 29.8 Å². The van der Waals surface area contributed by atoms with E-state index in [-0.39, 0.29) is 17.7 Å². The van der Waals surface area contributed by atoms with E-state index in [9.17, 15) is 9.59 Å². The zero-order valence-electron chi connectivity index (χ0n) is 12.9. The van der Waals surface area contributed by atoms with Crippen LogP contribution in [0.2, 0.25) is 0 Å². The lowest BCUT2D eigenvalue weighted by molar-refractivity contribution is -0.134. The van der Waals surface area contributed by atoms with Gasteiger partial charge in [0.05, 0.1) is 0 Å². The molecule has 0 aromatic heterocycles. The average molecular weight is 288 g/mol. The van der Waals surface area contributed by atoms with Crippen LogP contribution in [0.25, 0.3) is 0 Å². The minimum atomic E-state index is 0.0100. The number of piperidine rings is 1. The van der Waals surface area contributed by atoms with Gasteiger partial charge in [0, 0.05) is 31.1 Å². The predicted octanol–water partition coefficient (Wildman–Crippen LogP) is 2.84. The molecule has 0 atom stereocenters. The smallest absolute Gasteiger partial charge is 0.227 e. The van der Waals surface area contributed by atoms with Gasteiger partial charge in [0.2, 0.25) is 11.8 Å². The fourth-order valence-electron chi connectivity index (χ4n) is 2.80. The van der Waals surface area contributed by atoms with Crippen LogP contribution in [-0.2, 0) is 16.0 Å². The van der Waals surface area contributed by atoms with Crippen molar-refractivity contribution in [3.8, 4) is 0 Å². The number of benzene rings is 1. The second kappa shape index (κ2) is 7.25. The Hall–Kier alpha value is -1.84. The highest BCUT2D eigenvalue weighted by Crippen LogP contribution is 2.22. The number of amides is 2. The van der Waals surface area contributed by atoms with Crippen molar-refractivity contribution < 1.29 is 9.59 Å². The third kappa shape index (κ3) is 3.84. The highest BCUT2D eigenvalue weighted by atomic mass is 16.2. The molecule has 0 radical (unpaired) electrons. The molecule has 2 rings (SSSR count). The molecule has 0 saturated carbocycles. The van der Waals surface area contributed by atoms with Gasteiger partial charge in [0.15, 0.2) is 0 Å². The van der Waals surface area contributed by atoms with Crippen molar-refractivity contribution in [2.75, 3.05) is 18.4 Å². The summed E-state index contributed by atoms with van der Waals surface area (Å²) in [5, 5.41) is 3.05.